The number of carbonyl (C=O) groups excluding carboxylic acids is 2. The summed E-state index contributed by atoms with van der Waals surface area (Å²) in [5.74, 6) is -0.591. The van der Waals surface area contributed by atoms with Crippen molar-refractivity contribution >= 4 is 12.0 Å². The van der Waals surface area contributed by atoms with Gasteiger partial charge in [0.25, 0.3) is 0 Å². The highest BCUT2D eigenvalue weighted by molar-refractivity contribution is 5.81. The third kappa shape index (κ3) is 5.49. The van der Waals surface area contributed by atoms with E-state index in [1.54, 1.807) is 0 Å². The van der Waals surface area contributed by atoms with Gasteiger partial charge in [-0.05, 0) is 13.1 Å². The first-order valence-corrected chi connectivity index (χ1v) is 3.61. The number of nitrogens with one attached hydrogen (secondary N) is 2. The van der Waals surface area contributed by atoms with Crippen LogP contribution in [0.15, 0.2) is 25.4 Å². The molecule has 0 aromatic heterocycles. The second kappa shape index (κ2) is 5.82. The van der Waals surface area contributed by atoms with E-state index in [4.69, 9.17) is 0 Å². The van der Waals surface area contributed by atoms with Gasteiger partial charge in [-0.1, -0.05) is 13.2 Å². The molecule has 0 radical (unpaired) electrons. The molecule has 5 heteroatoms. The first-order valence-electron chi connectivity index (χ1n) is 3.61. The molecule has 0 spiro atoms. The SMILES string of the molecule is C=CNC(=O)NC(C)OC(=O)C=C. The average Bonchev–Trinajstić information content (AvgIpc) is 2.04. The Morgan fingerprint density at radius 3 is 2.54 bits per heavy atom. The first-order chi connectivity index (χ1) is 6.10. The van der Waals surface area contributed by atoms with E-state index in [2.05, 4.69) is 28.5 Å². The van der Waals surface area contributed by atoms with Crippen LogP contribution in [0, 0.1) is 0 Å². The van der Waals surface area contributed by atoms with E-state index in [1.165, 1.54) is 13.1 Å². The fourth-order valence-corrected chi connectivity index (χ4v) is 0.571. The van der Waals surface area contributed by atoms with Gasteiger partial charge in [0.2, 0.25) is 0 Å². The van der Waals surface area contributed by atoms with Gasteiger partial charge >= 0.3 is 12.0 Å². The molecule has 0 aliphatic carbocycles. The van der Waals surface area contributed by atoms with Crippen LogP contribution in [0.5, 0.6) is 0 Å². The molecule has 2 N–H and O–H groups in total. The fourth-order valence-electron chi connectivity index (χ4n) is 0.571. The molecule has 0 aliphatic heterocycles. The maximum atomic E-state index is 10.8. The summed E-state index contributed by atoms with van der Waals surface area (Å²) in [5.41, 5.74) is 0. The Bertz CT molecular complexity index is 225. The van der Waals surface area contributed by atoms with Crippen molar-refractivity contribution in [3.63, 3.8) is 0 Å². The number of carbonyl (C=O) groups is 2. The predicted molar refractivity (Wildman–Crippen MR) is 47.6 cm³/mol. The summed E-state index contributed by atoms with van der Waals surface area (Å²) in [4.78, 5) is 21.4. The summed E-state index contributed by atoms with van der Waals surface area (Å²) in [6, 6.07) is -0.487. The highest BCUT2D eigenvalue weighted by atomic mass is 16.6. The van der Waals surface area contributed by atoms with Crippen molar-refractivity contribution in [2.45, 2.75) is 13.2 Å². The van der Waals surface area contributed by atoms with E-state index in [1.807, 2.05) is 0 Å². The second-order valence-electron chi connectivity index (χ2n) is 2.11. The third-order valence-corrected chi connectivity index (χ3v) is 1.03. The molecule has 2 amide bonds. The Balaban J connectivity index is 3.79. The number of urea groups is 1. The molecule has 13 heavy (non-hydrogen) atoms. The van der Waals surface area contributed by atoms with E-state index >= 15 is 0 Å². The molecule has 0 saturated heterocycles. The molecule has 0 aromatic carbocycles. The van der Waals surface area contributed by atoms with Crippen molar-refractivity contribution in [3.8, 4) is 0 Å². The lowest BCUT2D eigenvalue weighted by Crippen LogP contribution is -2.40. The molecule has 1 atom stereocenters. The van der Waals surface area contributed by atoms with Crippen LogP contribution in [0.1, 0.15) is 6.92 Å². The summed E-state index contributed by atoms with van der Waals surface area (Å²) in [6.07, 6.45) is 1.53. The van der Waals surface area contributed by atoms with Crippen LogP contribution in [-0.2, 0) is 9.53 Å². The highest BCUT2D eigenvalue weighted by Crippen LogP contribution is 1.87. The maximum absolute atomic E-state index is 10.8. The molecule has 0 saturated carbocycles. The van der Waals surface area contributed by atoms with Gasteiger partial charge in [-0.25, -0.2) is 9.59 Å². The molecule has 0 fully saturated rings. The number of esters is 1. The zero-order chi connectivity index (χ0) is 10.3. The smallest absolute Gasteiger partial charge is 0.332 e. The topological polar surface area (TPSA) is 67.4 Å². The van der Waals surface area contributed by atoms with Crippen LogP contribution >= 0.6 is 0 Å². The van der Waals surface area contributed by atoms with Crippen LogP contribution in [0.4, 0.5) is 4.79 Å². The van der Waals surface area contributed by atoms with Crippen molar-refractivity contribution in [1.29, 1.82) is 0 Å². The fraction of sp³-hybridized carbons (Fsp3) is 0.250. The van der Waals surface area contributed by atoms with Gasteiger partial charge in [0, 0.05) is 6.08 Å². The average molecular weight is 184 g/mol. The quantitative estimate of drug-likeness (QED) is 0.380. The minimum atomic E-state index is -0.703. The Kier molecular flexibility index (Phi) is 5.02. The Morgan fingerprint density at radius 1 is 1.46 bits per heavy atom. The Morgan fingerprint density at radius 2 is 2.08 bits per heavy atom. The van der Waals surface area contributed by atoms with Crippen molar-refractivity contribution in [1.82, 2.24) is 10.6 Å². The number of hydrogen-bond acceptors (Lipinski definition) is 3. The Hall–Kier alpha value is -1.78. The minimum absolute atomic E-state index is 0.487. The van der Waals surface area contributed by atoms with Crippen molar-refractivity contribution < 1.29 is 14.3 Å². The normalized spacial score (nSPS) is 10.8. The molecule has 0 aliphatic rings. The molecular weight excluding hydrogens is 172 g/mol. The van der Waals surface area contributed by atoms with Crippen LogP contribution in [0.3, 0.4) is 0 Å². The molecule has 72 valence electrons. The van der Waals surface area contributed by atoms with E-state index in [-0.39, 0.29) is 0 Å². The number of rotatable bonds is 4. The summed E-state index contributed by atoms with van der Waals surface area (Å²) in [7, 11) is 0. The highest BCUT2D eigenvalue weighted by Gasteiger charge is 2.07. The van der Waals surface area contributed by atoms with Crippen molar-refractivity contribution in [2.24, 2.45) is 0 Å². The van der Waals surface area contributed by atoms with Gasteiger partial charge in [0.15, 0.2) is 6.23 Å². The van der Waals surface area contributed by atoms with Gasteiger partial charge < -0.3 is 15.4 Å². The van der Waals surface area contributed by atoms with Gasteiger partial charge in [-0.3, -0.25) is 0 Å². The number of amides is 2. The lowest BCUT2D eigenvalue weighted by molar-refractivity contribution is -0.142. The van der Waals surface area contributed by atoms with E-state index in [9.17, 15) is 9.59 Å². The molecule has 0 bridgehead atoms. The zero-order valence-electron chi connectivity index (χ0n) is 7.37. The molecule has 0 heterocycles. The van der Waals surface area contributed by atoms with Crippen LogP contribution in [0.2, 0.25) is 0 Å². The summed E-state index contributed by atoms with van der Waals surface area (Å²) < 4.78 is 4.65. The summed E-state index contributed by atoms with van der Waals surface area (Å²) in [6.45, 7) is 8.02. The second-order valence-corrected chi connectivity index (χ2v) is 2.11. The van der Waals surface area contributed by atoms with Gasteiger partial charge in [0.1, 0.15) is 0 Å². The summed E-state index contributed by atoms with van der Waals surface area (Å²) in [5, 5.41) is 4.60. The standard InChI is InChI=1S/C8H12N2O3/c1-4-7(11)13-6(3)10-8(12)9-5-2/h4-6H,1-2H2,3H3,(H2,9,10,12). The van der Waals surface area contributed by atoms with Crippen LogP contribution < -0.4 is 10.6 Å². The zero-order valence-corrected chi connectivity index (χ0v) is 7.37. The van der Waals surface area contributed by atoms with Crippen molar-refractivity contribution in [2.75, 3.05) is 0 Å². The minimum Gasteiger partial charge on any atom is -0.439 e. The van der Waals surface area contributed by atoms with Crippen LogP contribution in [0.25, 0.3) is 0 Å². The largest absolute Gasteiger partial charge is 0.439 e. The van der Waals surface area contributed by atoms with Gasteiger partial charge in [0.05, 0.1) is 0 Å². The summed E-state index contributed by atoms with van der Waals surface area (Å²) >= 11 is 0. The van der Waals surface area contributed by atoms with Gasteiger partial charge in [-0.2, -0.15) is 0 Å². The van der Waals surface area contributed by atoms with E-state index in [0.717, 1.165) is 6.08 Å². The van der Waals surface area contributed by atoms with E-state index < -0.39 is 18.2 Å². The van der Waals surface area contributed by atoms with Crippen LogP contribution in [-0.4, -0.2) is 18.2 Å². The third-order valence-electron chi connectivity index (χ3n) is 1.03. The predicted octanol–water partition coefficient (Wildman–Crippen LogP) is 0.504. The maximum Gasteiger partial charge on any atom is 0.332 e. The molecule has 0 aromatic rings. The lowest BCUT2D eigenvalue weighted by atomic mass is 10.6. The molecule has 5 nitrogen and oxygen atoms in total. The lowest BCUT2D eigenvalue weighted by Gasteiger charge is -2.12. The molecular formula is C8H12N2O3. The molecule has 0 rings (SSSR count). The molecule has 1 unspecified atom stereocenters. The first kappa shape index (κ1) is 11.2. The number of hydrogen-bond donors (Lipinski definition) is 2. The number of ether oxygens (including phenoxy) is 1. The monoisotopic (exact) mass is 184 g/mol. The van der Waals surface area contributed by atoms with E-state index in [0.29, 0.717) is 0 Å². The van der Waals surface area contributed by atoms with Crippen molar-refractivity contribution in [3.05, 3.63) is 25.4 Å². The van der Waals surface area contributed by atoms with Gasteiger partial charge in [-0.15, -0.1) is 0 Å². The Labute approximate surface area is 76.5 Å².